The fourth-order valence-electron chi connectivity index (χ4n) is 2.51. The van der Waals surface area contributed by atoms with Crippen LogP contribution in [0.1, 0.15) is 30.6 Å². The molecular formula is C16H20FN3O3. The van der Waals surface area contributed by atoms with E-state index in [1.165, 1.54) is 12.1 Å². The molecule has 1 aliphatic heterocycles. The number of likely N-dealkylation sites (tertiary alicyclic amines) is 1. The van der Waals surface area contributed by atoms with Crippen LogP contribution in [0.4, 0.5) is 10.1 Å². The number of nitrogens with one attached hydrogen (secondary N) is 1. The van der Waals surface area contributed by atoms with Crippen molar-refractivity contribution in [2.45, 2.75) is 32.4 Å². The number of carbonyl (C=O) groups excluding carboxylic acids is 3. The van der Waals surface area contributed by atoms with Crippen LogP contribution in [0.5, 0.6) is 0 Å². The fourth-order valence-corrected chi connectivity index (χ4v) is 2.51. The van der Waals surface area contributed by atoms with Gasteiger partial charge in [-0.1, -0.05) is 0 Å². The van der Waals surface area contributed by atoms with Crippen LogP contribution in [0.3, 0.4) is 0 Å². The second-order valence-corrected chi connectivity index (χ2v) is 5.98. The average Bonchev–Trinajstić information content (AvgIpc) is 2.72. The Bertz CT molecular complexity index is 658. The van der Waals surface area contributed by atoms with E-state index in [0.717, 1.165) is 4.90 Å². The summed E-state index contributed by atoms with van der Waals surface area (Å²) < 4.78 is 14.1. The molecule has 2 rings (SSSR count). The number of hydrogen-bond acceptors (Lipinski definition) is 4. The van der Waals surface area contributed by atoms with Crippen LogP contribution in [0.15, 0.2) is 18.2 Å². The lowest BCUT2D eigenvalue weighted by Gasteiger charge is -2.19. The Balaban J connectivity index is 2.14. The van der Waals surface area contributed by atoms with E-state index >= 15 is 0 Å². The largest absolute Gasteiger partial charge is 0.378 e. The van der Waals surface area contributed by atoms with Crippen LogP contribution >= 0.6 is 0 Å². The number of carbonyl (C=O) groups is 3. The molecule has 1 heterocycles. The molecule has 0 aromatic heterocycles. The van der Waals surface area contributed by atoms with Gasteiger partial charge in [-0.2, -0.15) is 0 Å². The third-order valence-corrected chi connectivity index (χ3v) is 3.72. The number of halogens is 1. The molecule has 3 amide bonds. The maximum absolute atomic E-state index is 14.1. The highest BCUT2D eigenvalue weighted by molar-refractivity contribution is 6.08. The van der Waals surface area contributed by atoms with E-state index in [9.17, 15) is 18.8 Å². The third-order valence-electron chi connectivity index (χ3n) is 3.72. The molecule has 0 aliphatic carbocycles. The summed E-state index contributed by atoms with van der Waals surface area (Å²) in [6.07, 6.45) is -0.0971. The maximum atomic E-state index is 14.1. The SMILES string of the molecule is CC(C)N1C(=O)CC(NC(=O)c2ccc(N(C)C)cc2F)C1=O. The third kappa shape index (κ3) is 3.33. The van der Waals surface area contributed by atoms with E-state index in [4.69, 9.17) is 0 Å². The number of nitrogens with zero attached hydrogens (tertiary/aromatic N) is 2. The molecule has 1 aliphatic rings. The van der Waals surface area contributed by atoms with Crippen LogP contribution in [-0.4, -0.2) is 48.8 Å². The Kier molecular flexibility index (Phi) is 4.68. The molecule has 124 valence electrons. The van der Waals surface area contributed by atoms with Gasteiger partial charge in [-0.3, -0.25) is 19.3 Å². The van der Waals surface area contributed by atoms with E-state index < -0.39 is 23.7 Å². The number of benzene rings is 1. The average molecular weight is 321 g/mol. The lowest BCUT2D eigenvalue weighted by atomic mass is 10.1. The molecule has 1 N–H and O–H groups in total. The number of hydrogen-bond donors (Lipinski definition) is 1. The van der Waals surface area contributed by atoms with Crippen LogP contribution in [0.25, 0.3) is 0 Å². The summed E-state index contributed by atoms with van der Waals surface area (Å²) in [7, 11) is 3.52. The molecule has 0 radical (unpaired) electrons. The van der Waals surface area contributed by atoms with E-state index in [1.54, 1.807) is 38.9 Å². The van der Waals surface area contributed by atoms with Crippen molar-refractivity contribution in [1.29, 1.82) is 0 Å². The van der Waals surface area contributed by atoms with Crippen molar-refractivity contribution in [2.24, 2.45) is 0 Å². The zero-order valence-electron chi connectivity index (χ0n) is 13.6. The lowest BCUT2D eigenvalue weighted by molar-refractivity contribution is -0.140. The van der Waals surface area contributed by atoms with Gasteiger partial charge in [0.1, 0.15) is 11.9 Å². The zero-order valence-corrected chi connectivity index (χ0v) is 13.6. The van der Waals surface area contributed by atoms with E-state index in [-0.39, 0.29) is 23.9 Å². The van der Waals surface area contributed by atoms with Crippen LogP contribution in [0.2, 0.25) is 0 Å². The van der Waals surface area contributed by atoms with Gasteiger partial charge in [-0.25, -0.2) is 4.39 Å². The number of rotatable bonds is 4. The van der Waals surface area contributed by atoms with Crippen molar-refractivity contribution in [3.05, 3.63) is 29.6 Å². The van der Waals surface area contributed by atoms with Gasteiger partial charge >= 0.3 is 0 Å². The zero-order chi connectivity index (χ0) is 17.3. The first kappa shape index (κ1) is 16.9. The molecule has 1 aromatic carbocycles. The molecule has 1 fully saturated rings. The van der Waals surface area contributed by atoms with Crippen molar-refractivity contribution in [3.8, 4) is 0 Å². The highest BCUT2D eigenvalue weighted by atomic mass is 19.1. The van der Waals surface area contributed by atoms with Crippen molar-refractivity contribution in [3.63, 3.8) is 0 Å². The molecule has 1 saturated heterocycles. The molecule has 1 atom stereocenters. The van der Waals surface area contributed by atoms with Crippen LogP contribution in [-0.2, 0) is 9.59 Å². The summed E-state index contributed by atoms with van der Waals surface area (Å²) in [6, 6.07) is 3.01. The first-order valence-electron chi connectivity index (χ1n) is 7.36. The number of imide groups is 1. The molecule has 0 bridgehead atoms. The van der Waals surface area contributed by atoms with Crippen LogP contribution < -0.4 is 10.2 Å². The Labute approximate surface area is 134 Å². The van der Waals surface area contributed by atoms with Gasteiger partial charge in [0.05, 0.1) is 12.0 Å². The molecular weight excluding hydrogens is 301 g/mol. The van der Waals surface area contributed by atoms with Gasteiger partial charge < -0.3 is 10.2 Å². The van der Waals surface area contributed by atoms with Crippen molar-refractivity contribution in [1.82, 2.24) is 10.2 Å². The molecule has 1 unspecified atom stereocenters. The minimum absolute atomic E-state index is 0.0971. The summed E-state index contributed by atoms with van der Waals surface area (Å²) in [5, 5.41) is 2.45. The Hall–Kier alpha value is -2.44. The van der Waals surface area contributed by atoms with E-state index in [0.29, 0.717) is 5.69 Å². The molecule has 7 heteroatoms. The first-order chi connectivity index (χ1) is 10.7. The smallest absolute Gasteiger partial charge is 0.254 e. The fraction of sp³-hybridized carbons (Fsp3) is 0.438. The quantitative estimate of drug-likeness (QED) is 0.845. The van der Waals surface area contributed by atoms with E-state index in [2.05, 4.69) is 5.32 Å². The number of amides is 3. The topological polar surface area (TPSA) is 69.7 Å². The van der Waals surface area contributed by atoms with Gasteiger partial charge in [0.25, 0.3) is 11.8 Å². The molecule has 23 heavy (non-hydrogen) atoms. The molecule has 1 aromatic rings. The lowest BCUT2D eigenvalue weighted by Crippen LogP contribution is -2.44. The Morgan fingerprint density at radius 3 is 2.48 bits per heavy atom. The molecule has 0 saturated carbocycles. The minimum atomic E-state index is -0.940. The molecule has 0 spiro atoms. The Morgan fingerprint density at radius 1 is 1.35 bits per heavy atom. The normalized spacial score (nSPS) is 17.8. The van der Waals surface area contributed by atoms with Crippen molar-refractivity contribution >= 4 is 23.4 Å². The van der Waals surface area contributed by atoms with Gasteiger partial charge in [0.2, 0.25) is 5.91 Å². The predicted molar refractivity (Wildman–Crippen MR) is 83.6 cm³/mol. The van der Waals surface area contributed by atoms with E-state index in [1.807, 2.05) is 0 Å². The number of anilines is 1. The second kappa shape index (κ2) is 6.36. The summed E-state index contributed by atoms with van der Waals surface area (Å²) in [6.45, 7) is 3.44. The summed E-state index contributed by atoms with van der Waals surface area (Å²) in [5.41, 5.74) is 0.469. The second-order valence-electron chi connectivity index (χ2n) is 5.98. The van der Waals surface area contributed by atoms with Crippen molar-refractivity contribution < 1.29 is 18.8 Å². The van der Waals surface area contributed by atoms with Gasteiger partial charge in [0.15, 0.2) is 0 Å². The summed E-state index contributed by atoms with van der Waals surface area (Å²) in [4.78, 5) is 39.0. The summed E-state index contributed by atoms with van der Waals surface area (Å²) >= 11 is 0. The van der Waals surface area contributed by atoms with Crippen molar-refractivity contribution in [2.75, 3.05) is 19.0 Å². The van der Waals surface area contributed by atoms with Gasteiger partial charge in [0, 0.05) is 25.8 Å². The first-order valence-corrected chi connectivity index (χ1v) is 7.36. The highest BCUT2D eigenvalue weighted by Gasteiger charge is 2.40. The monoisotopic (exact) mass is 321 g/mol. The highest BCUT2D eigenvalue weighted by Crippen LogP contribution is 2.19. The minimum Gasteiger partial charge on any atom is -0.378 e. The van der Waals surface area contributed by atoms with Gasteiger partial charge in [-0.05, 0) is 32.0 Å². The van der Waals surface area contributed by atoms with Gasteiger partial charge in [-0.15, -0.1) is 0 Å². The standard InChI is InChI=1S/C16H20FN3O3/c1-9(2)20-14(21)8-13(16(20)23)18-15(22)11-6-5-10(19(3)4)7-12(11)17/h5-7,9,13H,8H2,1-4H3,(H,18,22). The molecule has 6 nitrogen and oxygen atoms in total. The van der Waals surface area contributed by atoms with Crippen LogP contribution in [0, 0.1) is 5.82 Å². The Morgan fingerprint density at radius 2 is 2.00 bits per heavy atom. The summed E-state index contributed by atoms with van der Waals surface area (Å²) in [5.74, 6) is -2.17. The maximum Gasteiger partial charge on any atom is 0.254 e. The predicted octanol–water partition coefficient (Wildman–Crippen LogP) is 1.16.